The number of rotatable bonds is 1. The van der Waals surface area contributed by atoms with Crippen molar-refractivity contribution in [2.24, 2.45) is 0 Å². The van der Waals surface area contributed by atoms with E-state index in [0.29, 0.717) is 0 Å². The Morgan fingerprint density at radius 2 is 1.11 bits per heavy atom. The van der Waals surface area contributed by atoms with Crippen molar-refractivity contribution in [2.75, 3.05) is 4.90 Å². The Labute approximate surface area is 266 Å². The molecule has 0 N–H and O–H groups in total. The Hall–Kier alpha value is -5.12. The van der Waals surface area contributed by atoms with E-state index in [-0.39, 0.29) is 5.41 Å². The molecule has 2 heterocycles. The molecule has 0 fully saturated rings. The average molecular weight is 593 g/mol. The Balaban J connectivity index is 1.24. The molecule has 0 saturated heterocycles. The predicted molar refractivity (Wildman–Crippen MR) is 191 cm³/mol. The Morgan fingerprint density at radius 3 is 1.89 bits per heavy atom. The SMILES string of the molecule is CC1(C)c2cc3c(cc2-c2cc4c5ccccc5c5ccccc5c4cc21)Sc1ccccc1N3c1ccc2ccccc2n1. The lowest BCUT2D eigenvalue weighted by Gasteiger charge is -2.33. The van der Waals surface area contributed by atoms with Crippen molar-refractivity contribution in [3.8, 4) is 11.1 Å². The molecule has 0 unspecified atom stereocenters. The summed E-state index contributed by atoms with van der Waals surface area (Å²) in [5.41, 5.74) is 8.66. The van der Waals surface area contributed by atoms with Gasteiger partial charge in [-0.25, -0.2) is 4.98 Å². The lowest BCUT2D eigenvalue weighted by atomic mass is 9.81. The van der Waals surface area contributed by atoms with Gasteiger partial charge in [-0.3, -0.25) is 4.90 Å². The Bertz CT molecular complexity index is 2560. The molecule has 45 heavy (non-hydrogen) atoms. The van der Waals surface area contributed by atoms with E-state index in [4.69, 9.17) is 4.98 Å². The number of nitrogens with zero attached hydrogens (tertiary/aromatic N) is 2. The van der Waals surface area contributed by atoms with Crippen LogP contribution in [0.4, 0.5) is 17.2 Å². The molecule has 7 aromatic carbocycles. The summed E-state index contributed by atoms with van der Waals surface area (Å²) < 4.78 is 0. The lowest BCUT2D eigenvalue weighted by molar-refractivity contribution is 0.661. The molecule has 0 saturated carbocycles. The summed E-state index contributed by atoms with van der Waals surface area (Å²) in [5.74, 6) is 0.944. The molecule has 0 bridgehead atoms. The topological polar surface area (TPSA) is 16.1 Å². The van der Waals surface area contributed by atoms with Crippen LogP contribution in [0, 0.1) is 0 Å². The molecule has 0 spiro atoms. The highest BCUT2D eigenvalue weighted by atomic mass is 32.2. The summed E-state index contributed by atoms with van der Waals surface area (Å²) in [5, 5.41) is 9.07. The average Bonchev–Trinajstić information content (AvgIpc) is 3.30. The van der Waals surface area contributed by atoms with Crippen LogP contribution in [0.25, 0.3) is 54.3 Å². The maximum atomic E-state index is 5.18. The Morgan fingerprint density at radius 1 is 0.511 bits per heavy atom. The molecule has 10 rings (SSSR count). The van der Waals surface area contributed by atoms with Crippen LogP contribution in [0.2, 0.25) is 0 Å². The van der Waals surface area contributed by atoms with Crippen molar-refractivity contribution >= 4 is 72.2 Å². The van der Waals surface area contributed by atoms with E-state index >= 15 is 0 Å². The number of pyridine rings is 1. The second-order valence-corrected chi connectivity index (χ2v) is 13.9. The second kappa shape index (κ2) is 8.97. The monoisotopic (exact) mass is 592 g/mol. The van der Waals surface area contributed by atoms with E-state index in [1.807, 2.05) is 11.8 Å². The molecule has 3 heteroatoms. The molecular weight excluding hydrogens is 565 g/mol. The van der Waals surface area contributed by atoms with E-state index in [1.165, 1.54) is 75.7 Å². The number of aromatic nitrogens is 1. The number of fused-ring (bicyclic) bond motifs is 12. The maximum Gasteiger partial charge on any atom is 0.138 e. The summed E-state index contributed by atoms with van der Waals surface area (Å²) in [6.45, 7) is 4.78. The van der Waals surface area contributed by atoms with Crippen molar-refractivity contribution in [3.05, 3.63) is 145 Å². The van der Waals surface area contributed by atoms with E-state index in [9.17, 15) is 0 Å². The van der Waals surface area contributed by atoms with Crippen LogP contribution < -0.4 is 4.90 Å². The van der Waals surface area contributed by atoms with Crippen LogP contribution in [0.5, 0.6) is 0 Å². The van der Waals surface area contributed by atoms with Gasteiger partial charge in [-0.1, -0.05) is 104 Å². The van der Waals surface area contributed by atoms with Crippen LogP contribution in [-0.4, -0.2) is 4.98 Å². The highest BCUT2D eigenvalue weighted by Gasteiger charge is 2.39. The van der Waals surface area contributed by atoms with Crippen molar-refractivity contribution in [3.63, 3.8) is 0 Å². The van der Waals surface area contributed by atoms with Gasteiger partial charge in [0, 0.05) is 20.6 Å². The number of hydrogen-bond donors (Lipinski definition) is 0. The normalized spacial score (nSPS) is 14.5. The van der Waals surface area contributed by atoms with E-state index in [2.05, 4.69) is 152 Å². The standard InChI is InChI=1S/C42H28N2S/c1-42(2)34-22-31-29-15-7-5-13-27(29)26-12-4-6-14-28(26)30(31)21-32(34)33-23-40-38(24-35(33)42)44(37-17-9-10-18-39(37)45-40)41-20-19-25-11-3-8-16-36(25)43-41/h3-24H,1-2H3. The molecule has 0 amide bonds. The maximum absolute atomic E-state index is 5.18. The fourth-order valence-electron chi connectivity index (χ4n) is 7.80. The fourth-order valence-corrected chi connectivity index (χ4v) is 8.88. The molecule has 1 aliphatic carbocycles. The minimum absolute atomic E-state index is 0.162. The lowest BCUT2D eigenvalue weighted by Crippen LogP contribution is -2.19. The molecule has 2 aliphatic rings. The minimum atomic E-state index is -0.162. The van der Waals surface area contributed by atoms with Gasteiger partial charge in [0.1, 0.15) is 5.82 Å². The molecule has 1 aromatic heterocycles. The quantitative estimate of drug-likeness (QED) is 0.176. The smallest absolute Gasteiger partial charge is 0.138 e. The zero-order valence-electron chi connectivity index (χ0n) is 25.0. The zero-order chi connectivity index (χ0) is 29.9. The highest BCUT2D eigenvalue weighted by Crippen LogP contribution is 2.58. The largest absolute Gasteiger partial charge is 0.293 e. The molecule has 2 nitrogen and oxygen atoms in total. The van der Waals surface area contributed by atoms with Crippen molar-refractivity contribution in [2.45, 2.75) is 29.1 Å². The van der Waals surface area contributed by atoms with E-state index in [0.717, 1.165) is 16.7 Å². The van der Waals surface area contributed by atoms with Gasteiger partial charge in [-0.05, 0) is 109 Å². The third-order valence-electron chi connectivity index (χ3n) is 10.00. The van der Waals surface area contributed by atoms with Crippen molar-refractivity contribution in [1.29, 1.82) is 0 Å². The van der Waals surface area contributed by atoms with Crippen LogP contribution in [0.1, 0.15) is 25.0 Å². The van der Waals surface area contributed by atoms with Gasteiger partial charge in [0.25, 0.3) is 0 Å². The van der Waals surface area contributed by atoms with Gasteiger partial charge in [-0.2, -0.15) is 0 Å². The van der Waals surface area contributed by atoms with Crippen LogP contribution >= 0.6 is 11.8 Å². The number of benzene rings is 7. The minimum Gasteiger partial charge on any atom is -0.293 e. The van der Waals surface area contributed by atoms with Crippen LogP contribution in [-0.2, 0) is 5.41 Å². The third-order valence-corrected chi connectivity index (χ3v) is 11.1. The van der Waals surface area contributed by atoms with Crippen LogP contribution in [0.15, 0.2) is 143 Å². The first-order valence-electron chi connectivity index (χ1n) is 15.6. The zero-order valence-corrected chi connectivity index (χ0v) is 25.8. The first-order valence-corrected chi connectivity index (χ1v) is 16.4. The summed E-state index contributed by atoms with van der Waals surface area (Å²) in [4.78, 5) is 10.0. The molecule has 8 aromatic rings. The number of anilines is 3. The van der Waals surface area contributed by atoms with E-state index in [1.54, 1.807) is 0 Å². The summed E-state index contributed by atoms with van der Waals surface area (Å²) >= 11 is 1.86. The van der Waals surface area contributed by atoms with Crippen molar-refractivity contribution in [1.82, 2.24) is 4.98 Å². The molecular formula is C42H28N2S. The summed E-state index contributed by atoms with van der Waals surface area (Å²) in [6.07, 6.45) is 0. The number of para-hydroxylation sites is 2. The van der Waals surface area contributed by atoms with Crippen LogP contribution in [0.3, 0.4) is 0 Å². The first kappa shape index (κ1) is 25.2. The molecule has 0 atom stereocenters. The predicted octanol–water partition coefficient (Wildman–Crippen LogP) is 11.9. The Kier molecular flexibility index (Phi) is 5.03. The van der Waals surface area contributed by atoms with Gasteiger partial charge in [0.2, 0.25) is 0 Å². The molecule has 212 valence electrons. The summed E-state index contributed by atoms with van der Waals surface area (Å²) in [7, 11) is 0. The van der Waals surface area contributed by atoms with Gasteiger partial charge in [-0.15, -0.1) is 0 Å². The third kappa shape index (κ3) is 3.45. The fraction of sp³-hybridized carbons (Fsp3) is 0.0714. The summed E-state index contributed by atoms with van der Waals surface area (Å²) in [6, 6.07) is 49.0. The van der Waals surface area contributed by atoms with Gasteiger partial charge >= 0.3 is 0 Å². The van der Waals surface area contributed by atoms with Crippen molar-refractivity contribution < 1.29 is 0 Å². The molecule has 1 aliphatic heterocycles. The highest BCUT2D eigenvalue weighted by molar-refractivity contribution is 7.99. The van der Waals surface area contributed by atoms with Gasteiger partial charge in [0.05, 0.1) is 16.9 Å². The van der Waals surface area contributed by atoms with Gasteiger partial charge < -0.3 is 0 Å². The number of hydrogen-bond acceptors (Lipinski definition) is 3. The van der Waals surface area contributed by atoms with E-state index < -0.39 is 0 Å². The molecule has 0 radical (unpaired) electrons. The van der Waals surface area contributed by atoms with Gasteiger partial charge in [0.15, 0.2) is 0 Å². The first-order chi connectivity index (χ1) is 22.1. The second-order valence-electron chi connectivity index (χ2n) is 12.8.